The van der Waals surface area contributed by atoms with Crippen LogP contribution < -0.4 is 4.74 Å². The SMILES string of the molecule is CCN(Cc1nc(-c2cccs2)no1)C(=O)CCCOc1ccc(Cl)cc1. The maximum atomic E-state index is 12.4. The molecule has 2 heterocycles. The van der Waals surface area contributed by atoms with E-state index >= 15 is 0 Å². The fourth-order valence-corrected chi connectivity index (χ4v) is 3.24. The van der Waals surface area contributed by atoms with Gasteiger partial charge in [0.2, 0.25) is 17.6 Å². The summed E-state index contributed by atoms with van der Waals surface area (Å²) >= 11 is 7.39. The highest BCUT2D eigenvalue weighted by Gasteiger charge is 2.17. The van der Waals surface area contributed by atoms with Gasteiger partial charge in [-0.3, -0.25) is 4.79 Å². The molecule has 0 atom stereocenters. The number of thiophene rings is 1. The minimum absolute atomic E-state index is 0.0353. The summed E-state index contributed by atoms with van der Waals surface area (Å²) in [7, 11) is 0. The number of hydrogen-bond acceptors (Lipinski definition) is 6. The highest BCUT2D eigenvalue weighted by molar-refractivity contribution is 7.13. The number of amides is 1. The van der Waals surface area contributed by atoms with Gasteiger partial charge < -0.3 is 14.2 Å². The number of aromatic nitrogens is 2. The molecule has 0 spiro atoms. The van der Waals surface area contributed by atoms with Crippen LogP contribution in [-0.4, -0.2) is 34.1 Å². The summed E-state index contributed by atoms with van der Waals surface area (Å²) in [5.74, 6) is 1.77. The molecule has 142 valence electrons. The Morgan fingerprint density at radius 2 is 2.11 bits per heavy atom. The van der Waals surface area contributed by atoms with Crippen molar-refractivity contribution in [3.8, 4) is 16.5 Å². The predicted octanol–water partition coefficient (Wildman–Crippen LogP) is 4.66. The number of benzene rings is 1. The first kappa shape index (κ1) is 19.4. The Bertz CT molecular complexity index is 849. The number of ether oxygens (including phenoxy) is 1. The van der Waals surface area contributed by atoms with E-state index in [0.29, 0.717) is 49.3 Å². The average Bonchev–Trinajstić information content (AvgIpc) is 3.36. The third-order valence-electron chi connectivity index (χ3n) is 3.89. The number of hydrogen-bond donors (Lipinski definition) is 0. The average molecular weight is 406 g/mol. The fourth-order valence-electron chi connectivity index (χ4n) is 2.47. The molecule has 0 aliphatic carbocycles. The van der Waals surface area contributed by atoms with E-state index < -0.39 is 0 Å². The van der Waals surface area contributed by atoms with Gasteiger partial charge in [0.1, 0.15) is 5.75 Å². The van der Waals surface area contributed by atoms with Crippen LogP contribution in [0.15, 0.2) is 46.3 Å². The van der Waals surface area contributed by atoms with Crippen molar-refractivity contribution in [1.29, 1.82) is 0 Å². The predicted molar refractivity (Wildman–Crippen MR) is 105 cm³/mol. The van der Waals surface area contributed by atoms with E-state index in [1.54, 1.807) is 28.4 Å². The van der Waals surface area contributed by atoms with E-state index in [-0.39, 0.29) is 5.91 Å². The molecule has 2 aromatic heterocycles. The summed E-state index contributed by atoms with van der Waals surface area (Å²) in [6, 6.07) is 11.0. The Morgan fingerprint density at radius 3 is 2.81 bits per heavy atom. The Balaban J connectivity index is 1.45. The molecule has 1 aromatic carbocycles. The topological polar surface area (TPSA) is 68.5 Å². The molecule has 0 aliphatic rings. The Labute approximate surface area is 166 Å². The molecule has 0 radical (unpaired) electrons. The minimum Gasteiger partial charge on any atom is -0.494 e. The molecule has 27 heavy (non-hydrogen) atoms. The summed E-state index contributed by atoms with van der Waals surface area (Å²) in [6.45, 7) is 3.28. The van der Waals surface area contributed by atoms with Gasteiger partial charge in [0.25, 0.3) is 0 Å². The van der Waals surface area contributed by atoms with E-state index in [2.05, 4.69) is 10.1 Å². The zero-order valence-electron chi connectivity index (χ0n) is 14.9. The second-order valence-corrected chi connectivity index (χ2v) is 7.19. The molecule has 8 heteroatoms. The normalized spacial score (nSPS) is 10.7. The van der Waals surface area contributed by atoms with E-state index in [0.717, 1.165) is 10.6 Å². The largest absolute Gasteiger partial charge is 0.494 e. The summed E-state index contributed by atoms with van der Waals surface area (Å²) in [6.07, 6.45) is 1.02. The maximum absolute atomic E-state index is 12.4. The molecule has 0 unspecified atom stereocenters. The van der Waals surface area contributed by atoms with Crippen molar-refractivity contribution in [2.24, 2.45) is 0 Å². The molecule has 0 saturated heterocycles. The van der Waals surface area contributed by atoms with Gasteiger partial charge in [-0.25, -0.2) is 0 Å². The van der Waals surface area contributed by atoms with Crippen LogP contribution in [0.1, 0.15) is 25.7 Å². The Hall–Kier alpha value is -2.38. The van der Waals surface area contributed by atoms with E-state index in [1.807, 2.05) is 36.6 Å². The molecule has 3 aromatic rings. The van der Waals surface area contributed by atoms with Crippen molar-refractivity contribution >= 4 is 28.8 Å². The lowest BCUT2D eigenvalue weighted by Gasteiger charge is -2.18. The summed E-state index contributed by atoms with van der Waals surface area (Å²) < 4.78 is 10.9. The van der Waals surface area contributed by atoms with Gasteiger partial charge in [-0.1, -0.05) is 22.8 Å². The highest BCUT2D eigenvalue weighted by atomic mass is 35.5. The number of carbonyl (C=O) groups excluding carboxylic acids is 1. The molecule has 3 rings (SSSR count). The van der Waals surface area contributed by atoms with Gasteiger partial charge in [-0.2, -0.15) is 4.98 Å². The molecule has 0 aliphatic heterocycles. The van der Waals surface area contributed by atoms with Crippen LogP contribution in [0.4, 0.5) is 0 Å². The molecular weight excluding hydrogens is 386 g/mol. The standard InChI is InChI=1S/C19H20ClN3O3S/c1-2-23(13-17-21-19(22-26-17)16-5-4-12-27-16)18(24)6-3-11-25-15-9-7-14(20)8-10-15/h4-5,7-10,12H,2-3,6,11,13H2,1H3. The molecule has 0 N–H and O–H groups in total. The Morgan fingerprint density at radius 1 is 1.30 bits per heavy atom. The van der Waals surface area contributed by atoms with Crippen molar-refractivity contribution < 1.29 is 14.1 Å². The van der Waals surface area contributed by atoms with Crippen molar-refractivity contribution in [1.82, 2.24) is 15.0 Å². The second kappa shape index (κ2) is 9.53. The van der Waals surface area contributed by atoms with Crippen LogP contribution >= 0.6 is 22.9 Å². The number of rotatable bonds is 9. The highest BCUT2D eigenvalue weighted by Crippen LogP contribution is 2.21. The zero-order valence-corrected chi connectivity index (χ0v) is 16.5. The molecular formula is C19H20ClN3O3S. The van der Waals surface area contributed by atoms with E-state index in [1.165, 1.54) is 0 Å². The van der Waals surface area contributed by atoms with E-state index in [9.17, 15) is 4.79 Å². The zero-order chi connectivity index (χ0) is 19.1. The number of halogens is 1. The molecule has 0 fully saturated rings. The van der Waals surface area contributed by atoms with Crippen LogP contribution in [0, 0.1) is 0 Å². The lowest BCUT2D eigenvalue weighted by Crippen LogP contribution is -2.30. The first-order valence-electron chi connectivity index (χ1n) is 8.68. The van der Waals surface area contributed by atoms with Crippen molar-refractivity contribution in [2.75, 3.05) is 13.2 Å². The smallest absolute Gasteiger partial charge is 0.246 e. The molecule has 0 bridgehead atoms. The fraction of sp³-hybridized carbons (Fsp3) is 0.316. The van der Waals surface area contributed by atoms with Crippen LogP contribution in [0.5, 0.6) is 5.75 Å². The first-order chi connectivity index (χ1) is 13.2. The summed E-state index contributed by atoms with van der Waals surface area (Å²) in [4.78, 5) is 19.5. The minimum atomic E-state index is 0.0353. The number of nitrogens with zero attached hydrogens (tertiary/aromatic N) is 3. The van der Waals surface area contributed by atoms with E-state index in [4.69, 9.17) is 20.9 Å². The van der Waals surface area contributed by atoms with Crippen molar-refractivity contribution in [3.63, 3.8) is 0 Å². The number of carbonyl (C=O) groups is 1. The maximum Gasteiger partial charge on any atom is 0.246 e. The van der Waals surface area contributed by atoms with Gasteiger partial charge in [0, 0.05) is 18.0 Å². The van der Waals surface area contributed by atoms with Gasteiger partial charge >= 0.3 is 0 Å². The van der Waals surface area contributed by atoms with Crippen molar-refractivity contribution in [3.05, 3.63) is 52.7 Å². The first-order valence-corrected chi connectivity index (χ1v) is 9.94. The summed E-state index contributed by atoms with van der Waals surface area (Å²) in [5.41, 5.74) is 0. The van der Waals surface area contributed by atoms with Gasteiger partial charge in [-0.15, -0.1) is 11.3 Å². The quantitative estimate of drug-likeness (QED) is 0.484. The molecule has 0 saturated carbocycles. The second-order valence-electron chi connectivity index (χ2n) is 5.80. The van der Waals surface area contributed by atoms with Gasteiger partial charge in [-0.05, 0) is 49.1 Å². The monoisotopic (exact) mass is 405 g/mol. The van der Waals surface area contributed by atoms with Crippen LogP contribution in [0.2, 0.25) is 5.02 Å². The lowest BCUT2D eigenvalue weighted by atomic mass is 10.2. The third-order valence-corrected chi connectivity index (χ3v) is 5.01. The van der Waals surface area contributed by atoms with Crippen LogP contribution in [-0.2, 0) is 11.3 Å². The molecule has 6 nitrogen and oxygen atoms in total. The van der Waals surface area contributed by atoms with Gasteiger partial charge in [0.05, 0.1) is 18.0 Å². The Kier molecular flexibility index (Phi) is 6.84. The summed E-state index contributed by atoms with van der Waals surface area (Å²) in [5, 5.41) is 6.60. The third kappa shape index (κ3) is 5.55. The van der Waals surface area contributed by atoms with Gasteiger partial charge in [0.15, 0.2) is 0 Å². The molecule has 1 amide bonds. The van der Waals surface area contributed by atoms with Crippen LogP contribution in [0.25, 0.3) is 10.7 Å². The lowest BCUT2D eigenvalue weighted by molar-refractivity contribution is -0.132. The van der Waals surface area contributed by atoms with Crippen molar-refractivity contribution in [2.45, 2.75) is 26.3 Å². The van der Waals surface area contributed by atoms with Crippen LogP contribution in [0.3, 0.4) is 0 Å².